The summed E-state index contributed by atoms with van der Waals surface area (Å²) in [5, 5.41) is 10.9. The Morgan fingerprint density at radius 2 is 1.70 bits per heavy atom. The SMILES string of the molecule is COc1ccc(N2C(=O)c3ccccc3[C@@H](C(=O)O)[C@@H]2c2ccc(Cl)cc2Cl)cc1. The van der Waals surface area contributed by atoms with Gasteiger partial charge in [-0.3, -0.25) is 14.5 Å². The third-order valence-electron chi connectivity index (χ3n) is 5.24. The molecule has 1 aliphatic rings. The number of hydrogen-bond acceptors (Lipinski definition) is 3. The van der Waals surface area contributed by atoms with Crippen molar-refractivity contribution < 1.29 is 19.4 Å². The van der Waals surface area contributed by atoms with E-state index >= 15 is 0 Å². The number of anilines is 1. The second-order valence-electron chi connectivity index (χ2n) is 6.89. The van der Waals surface area contributed by atoms with Gasteiger partial charge in [-0.2, -0.15) is 0 Å². The lowest BCUT2D eigenvalue weighted by molar-refractivity contribution is -0.139. The van der Waals surface area contributed by atoms with Crippen LogP contribution in [0.15, 0.2) is 66.7 Å². The molecule has 1 N–H and O–H groups in total. The summed E-state index contributed by atoms with van der Waals surface area (Å²) in [6.45, 7) is 0. The summed E-state index contributed by atoms with van der Waals surface area (Å²) in [6.07, 6.45) is 0. The highest BCUT2D eigenvalue weighted by Crippen LogP contribution is 2.47. The number of carbonyl (C=O) groups is 2. The first-order chi connectivity index (χ1) is 14.4. The average Bonchev–Trinajstić information content (AvgIpc) is 2.74. The zero-order valence-electron chi connectivity index (χ0n) is 15.9. The first-order valence-corrected chi connectivity index (χ1v) is 9.92. The van der Waals surface area contributed by atoms with Crippen molar-refractivity contribution in [3.8, 4) is 5.75 Å². The number of amides is 1. The van der Waals surface area contributed by atoms with Crippen LogP contribution >= 0.6 is 23.2 Å². The Balaban J connectivity index is 1.98. The van der Waals surface area contributed by atoms with E-state index in [1.807, 2.05) is 0 Å². The number of rotatable bonds is 4. The Morgan fingerprint density at radius 1 is 1.00 bits per heavy atom. The van der Waals surface area contributed by atoms with Gasteiger partial charge in [0.05, 0.1) is 13.2 Å². The van der Waals surface area contributed by atoms with Crippen molar-refractivity contribution in [1.29, 1.82) is 0 Å². The van der Waals surface area contributed by atoms with Crippen LogP contribution in [0.25, 0.3) is 0 Å². The first kappa shape index (κ1) is 20.3. The molecule has 3 aromatic rings. The fourth-order valence-electron chi connectivity index (χ4n) is 3.89. The molecule has 0 aliphatic carbocycles. The van der Waals surface area contributed by atoms with Gasteiger partial charge < -0.3 is 9.84 Å². The third kappa shape index (κ3) is 3.40. The molecule has 0 unspecified atom stereocenters. The summed E-state index contributed by atoms with van der Waals surface area (Å²) in [6, 6.07) is 17.7. The standard InChI is InChI=1S/C23H17Cl2NO4/c1-30-15-9-7-14(8-10-15)26-21(18-11-6-13(24)12-19(18)25)20(23(28)29)16-4-2-3-5-17(16)22(26)27/h2-12,20-21H,1H3,(H,28,29)/t20-,21+/m1/s1. The summed E-state index contributed by atoms with van der Waals surface area (Å²) in [4.78, 5) is 27.5. The fourth-order valence-corrected chi connectivity index (χ4v) is 4.41. The highest BCUT2D eigenvalue weighted by atomic mass is 35.5. The van der Waals surface area contributed by atoms with Crippen molar-refractivity contribution in [2.75, 3.05) is 12.0 Å². The largest absolute Gasteiger partial charge is 0.497 e. The van der Waals surface area contributed by atoms with E-state index in [9.17, 15) is 14.7 Å². The Bertz CT molecular complexity index is 1130. The second kappa shape index (κ2) is 8.01. The molecule has 0 radical (unpaired) electrons. The van der Waals surface area contributed by atoms with Crippen molar-refractivity contribution in [2.45, 2.75) is 12.0 Å². The summed E-state index contributed by atoms with van der Waals surface area (Å²) in [5.74, 6) is -1.74. The lowest BCUT2D eigenvalue weighted by Crippen LogP contribution is -2.45. The molecule has 1 amide bonds. The molecule has 0 saturated heterocycles. The molecule has 2 atom stereocenters. The van der Waals surface area contributed by atoms with Crippen molar-refractivity contribution in [2.24, 2.45) is 0 Å². The number of benzene rings is 3. The van der Waals surface area contributed by atoms with E-state index in [4.69, 9.17) is 27.9 Å². The first-order valence-electron chi connectivity index (χ1n) is 9.16. The van der Waals surface area contributed by atoms with E-state index in [1.165, 1.54) is 4.90 Å². The van der Waals surface area contributed by atoms with Crippen LogP contribution in [-0.4, -0.2) is 24.1 Å². The van der Waals surface area contributed by atoms with E-state index in [2.05, 4.69) is 0 Å². The summed E-state index contributed by atoms with van der Waals surface area (Å²) >= 11 is 12.5. The number of nitrogens with zero attached hydrogens (tertiary/aromatic N) is 1. The maximum Gasteiger partial charge on any atom is 0.313 e. The quantitative estimate of drug-likeness (QED) is 0.574. The molecule has 5 nitrogen and oxygen atoms in total. The Hall–Kier alpha value is -3.02. The van der Waals surface area contributed by atoms with Gasteiger partial charge >= 0.3 is 5.97 Å². The molecule has 0 saturated carbocycles. The van der Waals surface area contributed by atoms with Gasteiger partial charge in [0.15, 0.2) is 0 Å². The number of carboxylic acid groups (broad SMARTS) is 1. The Labute approximate surface area is 183 Å². The van der Waals surface area contributed by atoms with E-state index < -0.39 is 17.9 Å². The van der Waals surface area contributed by atoms with Crippen LogP contribution in [0.3, 0.4) is 0 Å². The van der Waals surface area contributed by atoms with Gasteiger partial charge in [0.25, 0.3) is 5.91 Å². The average molecular weight is 442 g/mol. The van der Waals surface area contributed by atoms with Gasteiger partial charge in [-0.1, -0.05) is 47.5 Å². The van der Waals surface area contributed by atoms with Crippen LogP contribution in [0.4, 0.5) is 5.69 Å². The highest BCUT2D eigenvalue weighted by molar-refractivity contribution is 6.35. The van der Waals surface area contributed by atoms with Gasteiger partial charge in [0, 0.05) is 21.3 Å². The second-order valence-corrected chi connectivity index (χ2v) is 7.73. The topological polar surface area (TPSA) is 66.8 Å². The summed E-state index contributed by atoms with van der Waals surface area (Å²) in [7, 11) is 1.55. The molecule has 0 fully saturated rings. The molecular formula is C23H17Cl2NO4. The number of hydrogen-bond donors (Lipinski definition) is 1. The molecule has 7 heteroatoms. The van der Waals surface area contributed by atoms with Gasteiger partial charge in [-0.05, 0) is 53.6 Å². The van der Waals surface area contributed by atoms with Crippen molar-refractivity contribution >= 4 is 40.8 Å². The molecule has 1 heterocycles. The van der Waals surface area contributed by atoms with Crippen molar-refractivity contribution in [3.05, 3.63) is 93.5 Å². The van der Waals surface area contributed by atoms with Crippen molar-refractivity contribution in [3.63, 3.8) is 0 Å². The summed E-state index contributed by atoms with van der Waals surface area (Å²) < 4.78 is 5.21. The van der Waals surface area contributed by atoms with Crippen LogP contribution in [0, 0.1) is 0 Å². The van der Waals surface area contributed by atoms with Gasteiger partial charge in [0.1, 0.15) is 11.7 Å². The minimum atomic E-state index is -1.05. The van der Waals surface area contributed by atoms with E-state index in [1.54, 1.807) is 73.8 Å². The van der Waals surface area contributed by atoms with Gasteiger partial charge in [-0.15, -0.1) is 0 Å². The Morgan fingerprint density at radius 3 is 2.33 bits per heavy atom. The molecule has 0 spiro atoms. The minimum Gasteiger partial charge on any atom is -0.497 e. The van der Waals surface area contributed by atoms with E-state index in [-0.39, 0.29) is 5.91 Å². The van der Waals surface area contributed by atoms with Crippen LogP contribution in [0.1, 0.15) is 33.4 Å². The molecule has 30 heavy (non-hydrogen) atoms. The number of methoxy groups -OCH3 is 1. The monoisotopic (exact) mass is 441 g/mol. The minimum absolute atomic E-state index is 0.296. The third-order valence-corrected chi connectivity index (χ3v) is 5.80. The lowest BCUT2D eigenvalue weighted by atomic mass is 9.79. The van der Waals surface area contributed by atoms with Crippen molar-refractivity contribution in [1.82, 2.24) is 0 Å². The maximum atomic E-state index is 13.5. The molecule has 0 aromatic heterocycles. The van der Waals surface area contributed by atoms with Gasteiger partial charge in [0.2, 0.25) is 0 Å². The molecule has 152 valence electrons. The van der Waals surface area contributed by atoms with Crippen LogP contribution in [0.5, 0.6) is 5.75 Å². The molecule has 4 rings (SSSR count). The van der Waals surface area contributed by atoms with Gasteiger partial charge in [-0.25, -0.2) is 0 Å². The Kier molecular flexibility index (Phi) is 5.41. The lowest BCUT2D eigenvalue weighted by Gasteiger charge is -2.41. The number of carbonyl (C=O) groups excluding carboxylic acids is 1. The predicted molar refractivity (Wildman–Crippen MR) is 116 cm³/mol. The number of fused-ring (bicyclic) bond motifs is 1. The zero-order valence-corrected chi connectivity index (χ0v) is 17.4. The molecule has 1 aliphatic heterocycles. The number of halogens is 2. The highest BCUT2D eigenvalue weighted by Gasteiger charge is 2.45. The zero-order chi connectivity index (χ0) is 21.4. The molecule has 0 bridgehead atoms. The van der Waals surface area contributed by atoms with E-state index in [0.29, 0.717) is 38.2 Å². The van der Waals surface area contributed by atoms with Crippen LogP contribution in [0.2, 0.25) is 10.0 Å². The smallest absolute Gasteiger partial charge is 0.313 e. The normalized spacial score (nSPS) is 18.1. The number of ether oxygens (including phenoxy) is 1. The molecule has 3 aromatic carbocycles. The fraction of sp³-hybridized carbons (Fsp3) is 0.130. The number of aliphatic carboxylic acids is 1. The molecular weight excluding hydrogens is 425 g/mol. The predicted octanol–water partition coefficient (Wildman–Crippen LogP) is 5.57. The van der Waals surface area contributed by atoms with E-state index in [0.717, 1.165) is 0 Å². The number of carboxylic acids is 1. The maximum absolute atomic E-state index is 13.5. The van der Waals surface area contributed by atoms with Crippen LogP contribution < -0.4 is 9.64 Å². The van der Waals surface area contributed by atoms with Crippen LogP contribution in [-0.2, 0) is 4.79 Å². The summed E-state index contributed by atoms with van der Waals surface area (Å²) in [5.41, 5.74) is 1.85.